The molecule has 2 aromatic rings. The van der Waals surface area contributed by atoms with Gasteiger partial charge in [0.1, 0.15) is 12.4 Å². The van der Waals surface area contributed by atoms with Gasteiger partial charge in [0.15, 0.2) is 0 Å². The predicted octanol–water partition coefficient (Wildman–Crippen LogP) is 1.87. The molecule has 4 heteroatoms. The number of hydrogen-bond acceptors (Lipinski definition) is 3. The highest BCUT2D eigenvalue weighted by Gasteiger charge is 2.17. The smallest absolute Gasteiger partial charge is 0.489 e. The second-order valence-corrected chi connectivity index (χ2v) is 5.12. The Morgan fingerprint density at radius 2 is 1.70 bits per heavy atom. The summed E-state index contributed by atoms with van der Waals surface area (Å²) in [4.78, 5) is 0. The molecule has 0 unspecified atom stereocenters. The Bertz CT molecular complexity index is 609. The van der Waals surface area contributed by atoms with Gasteiger partial charge in [-0.15, -0.1) is 0 Å². The Labute approximate surface area is 120 Å². The van der Waals surface area contributed by atoms with Crippen molar-refractivity contribution in [1.82, 2.24) is 0 Å². The molecular formula is C16H19BO3. The lowest BCUT2D eigenvalue weighted by Gasteiger charge is -2.12. The first-order chi connectivity index (χ1) is 9.47. The Morgan fingerprint density at radius 1 is 0.950 bits per heavy atom. The third-order valence-electron chi connectivity index (χ3n) is 3.41. The Hall–Kier alpha value is -1.78. The zero-order chi connectivity index (χ0) is 14.7. The van der Waals surface area contributed by atoms with Crippen LogP contribution in [0.15, 0.2) is 36.4 Å². The average Bonchev–Trinajstić information content (AvgIpc) is 2.41. The molecule has 0 aliphatic heterocycles. The van der Waals surface area contributed by atoms with E-state index >= 15 is 0 Å². The molecule has 0 aliphatic rings. The molecule has 0 fully saturated rings. The maximum Gasteiger partial charge on any atom is 0.492 e. The summed E-state index contributed by atoms with van der Waals surface area (Å²) in [7, 11) is -1.52. The molecule has 0 atom stereocenters. The highest BCUT2D eigenvalue weighted by atomic mass is 16.5. The molecule has 0 aromatic heterocycles. The second kappa shape index (κ2) is 6.12. The van der Waals surface area contributed by atoms with Gasteiger partial charge in [-0.2, -0.15) is 0 Å². The topological polar surface area (TPSA) is 49.7 Å². The minimum absolute atomic E-state index is 0.397. The van der Waals surface area contributed by atoms with Crippen LogP contribution in [-0.2, 0) is 6.61 Å². The van der Waals surface area contributed by atoms with Crippen LogP contribution in [0.3, 0.4) is 0 Å². The van der Waals surface area contributed by atoms with Gasteiger partial charge in [0.25, 0.3) is 0 Å². The van der Waals surface area contributed by atoms with Gasteiger partial charge in [-0.25, -0.2) is 0 Å². The second-order valence-electron chi connectivity index (χ2n) is 5.12. The fourth-order valence-electron chi connectivity index (χ4n) is 2.06. The molecule has 0 radical (unpaired) electrons. The maximum absolute atomic E-state index is 9.38. The number of benzene rings is 2. The summed E-state index contributed by atoms with van der Waals surface area (Å²) in [6.07, 6.45) is 0. The molecule has 2 rings (SSSR count). The molecule has 0 saturated carbocycles. The fraction of sp³-hybridized carbons (Fsp3) is 0.250. The van der Waals surface area contributed by atoms with Crippen molar-refractivity contribution in [3.63, 3.8) is 0 Å². The molecule has 2 aromatic carbocycles. The van der Waals surface area contributed by atoms with Crippen LogP contribution < -0.4 is 10.2 Å². The molecule has 104 valence electrons. The molecule has 20 heavy (non-hydrogen) atoms. The quantitative estimate of drug-likeness (QED) is 0.834. The van der Waals surface area contributed by atoms with Crippen molar-refractivity contribution < 1.29 is 14.8 Å². The molecule has 3 nitrogen and oxygen atoms in total. The van der Waals surface area contributed by atoms with Gasteiger partial charge < -0.3 is 14.8 Å². The van der Waals surface area contributed by atoms with Crippen LogP contribution in [0.5, 0.6) is 5.75 Å². The SMILES string of the molecule is Cc1ccc(OCc2ccc(C)c(C)c2)c(B(O)O)c1. The third-order valence-corrected chi connectivity index (χ3v) is 3.41. The summed E-state index contributed by atoms with van der Waals surface area (Å²) in [5.74, 6) is 0.504. The van der Waals surface area contributed by atoms with Crippen LogP contribution in [0.25, 0.3) is 0 Å². The van der Waals surface area contributed by atoms with E-state index in [4.69, 9.17) is 4.74 Å². The molecule has 0 saturated heterocycles. The molecule has 0 amide bonds. The van der Waals surface area contributed by atoms with Crippen molar-refractivity contribution in [2.24, 2.45) is 0 Å². The van der Waals surface area contributed by atoms with E-state index in [1.165, 1.54) is 11.1 Å². The van der Waals surface area contributed by atoms with E-state index in [9.17, 15) is 10.0 Å². The summed E-state index contributed by atoms with van der Waals surface area (Å²) in [5, 5.41) is 18.8. The summed E-state index contributed by atoms with van der Waals surface area (Å²) in [5.41, 5.74) is 4.89. The summed E-state index contributed by atoms with van der Waals surface area (Å²) >= 11 is 0. The predicted molar refractivity (Wildman–Crippen MR) is 81.3 cm³/mol. The van der Waals surface area contributed by atoms with Crippen LogP contribution in [0.2, 0.25) is 0 Å². The standard InChI is InChI=1S/C16H19BO3/c1-11-4-7-16(15(8-11)17(18)19)20-10-14-6-5-12(2)13(3)9-14/h4-9,18-19H,10H2,1-3H3. The first-order valence-electron chi connectivity index (χ1n) is 6.63. The summed E-state index contributed by atoms with van der Waals surface area (Å²) in [6, 6.07) is 11.5. The van der Waals surface area contributed by atoms with Crippen molar-refractivity contribution in [1.29, 1.82) is 0 Å². The van der Waals surface area contributed by atoms with Crippen LogP contribution >= 0.6 is 0 Å². The van der Waals surface area contributed by atoms with E-state index in [-0.39, 0.29) is 0 Å². The minimum Gasteiger partial charge on any atom is -0.489 e. The highest BCUT2D eigenvalue weighted by molar-refractivity contribution is 6.59. The van der Waals surface area contributed by atoms with Crippen molar-refractivity contribution in [2.75, 3.05) is 0 Å². The molecule has 0 aliphatic carbocycles. The largest absolute Gasteiger partial charge is 0.492 e. The van der Waals surface area contributed by atoms with Crippen molar-refractivity contribution in [2.45, 2.75) is 27.4 Å². The van der Waals surface area contributed by atoms with E-state index in [2.05, 4.69) is 26.0 Å². The first-order valence-corrected chi connectivity index (χ1v) is 6.63. The van der Waals surface area contributed by atoms with E-state index in [1.54, 1.807) is 12.1 Å². The first kappa shape index (κ1) is 14.6. The maximum atomic E-state index is 9.38. The van der Waals surface area contributed by atoms with Gasteiger partial charge in [0.2, 0.25) is 0 Å². The van der Waals surface area contributed by atoms with Gasteiger partial charge in [-0.3, -0.25) is 0 Å². The summed E-state index contributed by atoms with van der Waals surface area (Å²) < 4.78 is 5.71. The van der Waals surface area contributed by atoms with Crippen molar-refractivity contribution >= 4 is 12.6 Å². The van der Waals surface area contributed by atoms with Crippen LogP contribution in [0.4, 0.5) is 0 Å². The zero-order valence-electron chi connectivity index (χ0n) is 12.1. The molecular weight excluding hydrogens is 251 g/mol. The van der Waals surface area contributed by atoms with Crippen molar-refractivity contribution in [3.05, 3.63) is 58.7 Å². The van der Waals surface area contributed by atoms with Crippen molar-refractivity contribution in [3.8, 4) is 5.75 Å². The lowest BCUT2D eigenvalue weighted by Crippen LogP contribution is -2.31. The van der Waals surface area contributed by atoms with E-state index in [1.807, 2.05) is 19.1 Å². The normalized spacial score (nSPS) is 10.4. The van der Waals surface area contributed by atoms with Gasteiger partial charge in [-0.1, -0.05) is 35.9 Å². The van der Waals surface area contributed by atoms with Crippen LogP contribution in [-0.4, -0.2) is 17.2 Å². The monoisotopic (exact) mass is 270 g/mol. The van der Waals surface area contributed by atoms with E-state index in [0.717, 1.165) is 11.1 Å². The molecule has 2 N–H and O–H groups in total. The zero-order valence-corrected chi connectivity index (χ0v) is 12.1. The Morgan fingerprint density at radius 3 is 2.35 bits per heavy atom. The van der Waals surface area contributed by atoms with Gasteiger partial charge in [-0.05, 0) is 43.5 Å². The molecule has 0 bridgehead atoms. The molecule has 0 spiro atoms. The Balaban J connectivity index is 2.16. The number of ether oxygens (including phenoxy) is 1. The Kier molecular flexibility index (Phi) is 4.48. The minimum atomic E-state index is -1.52. The van der Waals surface area contributed by atoms with Gasteiger partial charge >= 0.3 is 7.12 Å². The number of aryl methyl sites for hydroxylation is 3. The average molecular weight is 270 g/mol. The van der Waals surface area contributed by atoms with Gasteiger partial charge in [0.05, 0.1) is 0 Å². The van der Waals surface area contributed by atoms with E-state index in [0.29, 0.717) is 17.8 Å². The number of rotatable bonds is 4. The van der Waals surface area contributed by atoms with Crippen LogP contribution in [0, 0.1) is 20.8 Å². The molecule has 0 heterocycles. The van der Waals surface area contributed by atoms with Gasteiger partial charge in [0, 0.05) is 5.46 Å². The summed E-state index contributed by atoms with van der Waals surface area (Å²) in [6.45, 7) is 6.44. The third kappa shape index (κ3) is 3.41. The highest BCUT2D eigenvalue weighted by Crippen LogP contribution is 2.15. The lowest BCUT2D eigenvalue weighted by atomic mass is 9.79. The lowest BCUT2D eigenvalue weighted by molar-refractivity contribution is 0.306. The fourth-order valence-corrected chi connectivity index (χ4v) is 2.06. The van der Waals surface area contributed by atoms with E-state index < -0.39 is 7.12 Å². The number of hydrogen-bond donors (Lipinski definition) is 2. The van der Waals surface area contributed by atoms with Crippen LogP contribution in [0.1, 0.15) is 22.3 Å².